The van der Waals surface area contributed by atoms with Gasteiger partial charge in [-0.05, 0) is 59.8 Å². The summed E-state index contributed by atoms with van der Waals surface area (Å²) in [6, 6.07) is 38.4. The van der Waals surface area contributed by atoms with Crippen LogP contribution in [0, 0.1) is 18.8 Å². The summed E-state index contributed by atoms with van der Waals surface area (Å²) in [5.74, 6) is 2.09. The molecular formula is C40H30N5OPtS-3. The molecule has 5 heterocycles. The molecular weight excluding hydrogens is 794 g/mol. The first-order chi connectivity index (χ1) is 22.8. The van der Waals surface area contributed by atoms with Crippen LogP contribution in [0.25, 0.3) is 47.9 Å². The minimum Gasteiger partial charge on any atom is -0.509 e. The summed E-state index contributed by atoms with van der Waals surface area (Å²) >= 11 is 1.73. The van der Waals surface area contributed by atoms with Gasteiger partial charge in [0, 0.05) is 72.6 Å². The number of hydrogen-bond acceptors (Lipinski definition) is 6. The number of pyridine rings is 2. The third-order valence-electron chi connectivity index (χ3n) is 8.90. The SMILES string of the molecule is CN1[CH-]N(c2[c-]c(Oc3[c-]c4c(cc3)c3ccccc3n4-c3cc(C(C)(C)C)ccn3)ccc2)c2ccc3c(sc4ncccc43)c21.[Pt]. The molecule has 240 valence electrons. The van der Waals surface area contributed by atoms with E-state index in [0.717, 1.165) is 43.8 Å². The van der Waals surface area contributed by atoms with Crippen LogP contribution in [0.15, 0.2) is 103 Å². The van der Waals surface area contributed by atoms with Crippen LogP contribution in [0.2, 0.25) is 0 Å². The average molecular weight is 824 g/mol. The molecule has 0 saturated heterocycles. The maximum absolute atomic E-state index is 6.47. The Labute approximate surface area is 297 Å². The van der Waals surface area contributed by atoms with Gasteiger partial charge in [-0.15, -0.1) is 52.7 Å². The number of ether oxygens (including phenoxy) is 1. The topological polar surface area (TPSA) is 46.4 Å². The molecule has 0 saturated carbocycles. The zero-order valence-corrected chi connectivity index (χ0v) is 29.8. The second-order valence-corrected chi connectivity index (χ2v) is 14.0. The van der Waals surface area contributed by atoms with Gasteiger partial charge >= 0.3 is 0 Å². The fourth-order valence-electron chi connectivity index (χ4n) is 6.60. The molecule has 0 spiro atoms. The molecule has 0 fully saturated rings. The van der Waals surface area contributed by atoms with Gasteiger partial charge in [0.15, 0.2) is 0 Å². The smallest absolute Gasteiger partial charge is 0.135 e. The van der Waals surface area contributed by atoms with E-state index in [1.54, 1.807) is 11.3 Å². The summed E-state index contributed by atoms with van der Waals surface area (Å²) in [6.07, 6.45) is 3.75. The number of hydrogen-bond donors (Lipinski definition) is 0. The molecule has 0 radical (unpaired) electrons. The van der Waals surface area contributed by atoms with E-state index in [1.807, 2.05) is 36.7 Å². The van der Waals surface area contributed by atoms with Crippen LogP contribution < -0.4 is 14.5 Å². The predicted molar refractivity (Wildman–Crippen MR) is 193 cm³/mol. The quantitative estimate of drug-likeness (QED) is 0.166. The van der Waals surface area contributed by atoms with Crippen molar-refractivity contribution in [1.29, 1.82) is 0 Å². The van der Waals surface area contributed by atoms with E-state index in [-0.39, 0.29) is 26.5 Å². The summed E-state index contributed by atoms with van der Waals surface area (Å²) in [7, 11) is 2.09. The molecule has 4 aromatic heterocycles. The van der Waals surface area contributed by atoms with Crippen LogP contribution in [0.3, 0.4) is 0 Å². The Morgan fingerprint density at radius 2 is 1.58 bits per heavy atom. The molecule has 48 heavy (non-hydrogen) atoms. The van der Waals surface area contributed by atoms with E-state index in [1.165, 1.54) is 26.7 Å². The summed E-state index contributed by atoms with van der Waals surface area (Å²) in [5.41, 5.74) is 6.39. The minimum atomic E-state index is -0.00152. The van der Waals surface area contributed by atoms with Gasteiger partial charge in [-0.3, -0.25) is 0 Å². The van der Waals surface area contributed by atoms with E-state index in [9.17, 15) is 0 Å². The van der Waals surface area contributed by atoms with E-state index >= 15 is 0 Å². The molecule has 0 bridgehead atoms. The molecule has 1 aliphatic rings. The van der Waals surface area contributed by atoms with Crippen LogP contribution >= 0.6 is 11.3 Å². The van der Waals surface area contributed by atoms with E-state index < -0.39 is 0 Å². The average Bonchev–Trinajstić information content (AvgIpc) is 3.73. The number of rotatable bonds is 4. The Morgan fingerprint density at radius 3 is 2.46 bits per heavy atom. The van der Waals surface area contributed by atoms with Crippen molar-refractivity contribution in [2.24, 2.45) is 0 Å². The van der Waals surface area contributed by atoms with Crippen molar-refractivity contribution < 1.29 is 25.8 Å². The fraction of sp³-hybridized carbons (Fsp3) is 0.125. The summed E-state index contributed by atoms with van der Waals surface area (Å²) in [6.45, 7) is 8.77. The Hall–Kier alpha value is -4.71. The molecule has 0 aliphatic carbocycles. The zero-order chi connectivity index (χ0) is 31.9. The number of aromatic nitrogens is 3. The normalized spacial score (nSPS) is 13.1. The standard InChI is InChI=1S/C40H30N5OS.Pt/c1-40(2,3)25-18-20-41-36(21-25)45-33-13-6-5-11-29(33)30-15-14-28(23-35(30)45)46-27-10-7-9-26(22-27)44-24-43(4)37-34(44)17-16-31-32-12-8-19-42-39(32)47-38(31)37;/h5-21,24H,1-4H3;/q-3;. The Kier molecular flexibility index (Phi) is 7.31. The molecule has 0 amide bonds. The monoisotopic (exact) mass is 823 g/mol. The molecule has 0 atom stereocenters. The molecule has 9 rings (SSSR count). The van der Waals surface area contributed by atoms with Gasteiger partial charge in [0.1, 0.15) is 10.6 Å². The van der Waals surface area contributed by atoms with E-state index in [0.29, 0.717) is 11.5 Å². The molecule has 8 aromatic rings. The first-order valence-corrected chi connectivity index (χ1v) is 16.4. The number of benzene rings is 4. The number of thiophene rings is 1. The Bertz CT molecular complexity index is 2510. The van der Waals surface area contributed by atoms with Crippen LogP contribution in [0.1, 0.15) is 26.3 Å². The summed E-state index contributed by atoms with van der Waals surface area (Å²) in [5, 5.41) is 4.66. The van der Waals surface area contributed by atoms with Gasteiger partial charge in [0.05, 0.1) is 4.70 Å². The maximum Gasteiger partial charge on any atom is 0.135 e. The minimum absolute atomic E-state index is 0. The van der Waals surface area contributed by atoms with Crippen molar-refractivity contribution >= 4 is 70.5 Å². The third-order valence-corrected chi connectivity index (χ3v) is 10.0. The Morgan fingerprint density at radius 1 is 0.771 bits per heavy atom. The van der Waals surface area contributed by atoms with Gasteiger partial charge in [-0.1, -0.05) is 50.6 Å². The largest absolute Gasteiger partial charge is 0.509 e. The molecule has 4 aromatic carbocycles. The fourth-order valence-corrected chi connectivity index (χ4v) is 7.83. The summed E-state index contributed by atoms with van der Waals surface area (Å²) in [4.78, 5) is 14.8. The van der Waals surface area contributed by atoms with Gasteiger partial charge in [-0.25, -0.2) is 9.97 Å². The van der Waals surface area contributed by atoms with Crippen molar-refractivity contribution in [2.45, 2.75) is 26.2 Å². The van der Waals surface area contributed by atoms with Gasteiger partial charge in [-0.2, -0.15) is 18.8 Å². The van der Waals surface area contributed by atoms with Gasteiger partial charge < -0.3 is 19.1 Å². The molecule has 1 aliphatic heterocycles. The predicted octanol–water partition coefficient (Wildman–Crippen LogP) is 10.3. The summed E-state index contributed by atoms with van der Waals surface area (Å²) < 4.78 is 9.88. The first kappa shape index (κ1) is 30.6. The molecule has 6 nitrogen and oxygen atoms in total. The van der Waals surface area contributed by atoms with Crippen LogP contribution in [0.5, 0.6) is 11.5 Å². The number of anilines is 3. The van der Waals surface area contributed by atoms with Crippen LogP contribution in [-0.4, -0.2) is 21.6 Å². The third kappa shape index (κ3) is 4.87. The van der Waals surface area contributed by atoms with E-state index in [2.05, 4.69) is 133 Å². The van der Waals surface area contributed by atoms with Crippen molar-refractivity contribution in [1.82, 2.24) is 14.5 Å². The second-order valence-electron chi connectivity index (χ2n) is 13.0. The van der Waals surface area contributed by atoms with Gasteiger partial charge in [0.25, 0.3) is 0 Å². The van der Waals surface area contributed by atoms with Crippen molar-refractivity contribution in [3.05, 3.63) is 128 Å². The van der Waals surface area contributed by atoms with E-state index in [4.69, 9.17) is 9.72 Å². The first-order valence-electron chi connectivity index (χ1n) is 15.6. The number of para-hydroxylation sites is 1. The van der Waals surface area contributed by atoms with Crippen LogP contribution in [-0.2, 0) is 26.5 Å². The Balaban J connectivity index is 0.00000336. The van der Waals surface area contributed by atoms with Crippen molar-refractivity contribution in [2.75, 3.05) is 16.8 Å². The number of nitrogens with zero attached hydrogens (tertiary/aromatic N) is 5. The van der Waals surface area contributed by atoms with Gasteiger partial charge in [0.2, 0.25) is 0 Å². The molecule has 0 unspecified atom stereocenters. The number of fused-ring (bicyclic) bond motifs is 8. The van der Waals surface area contributed by atoms with Crippen LogP contribution in [0.4, 0.5) is 17.1 Å². The van der Waals surface area contributed by atoms with Crippen molar-refractivity contribution in [3.63, 3.8) is 0 Å². The molecule has 0 N–H and O–H groups in total. The zero-order valence-electron chi connectivity index (χ0n) is 26.8. The molecule has 8 heteroatoms. The second kappa shape index (κ2) is 11.5. The maximum atomic E-state index is 6.47. The van der Waals surface area contributed by atoms with Crippen molar-refractivity contribution in [3.8, 4) is 17.3 Å².